The lowest BCUT2D eigenvalue weighted by atomic mass is 9.82. The van der Waals surface area contributed by atoms with Gasteiger partial charge in [0, 0.05) is 13.2 Å². The first kappa shape index (κ1) is 18.0. The molecule has 0 unspecified atom stereocenters. The Morgan fingerprint density at radius 2 is 1.75 bits per heavy atom. The Morgan fingerprint density at radius 3 is 2.33 bits per heavy atom. The highest BCUT2D eigenvalue weighted by Gasteiger charge is 2.36. The number of alkyl halides is 3. The van der Waals surface area contributed by atoms with E-state index in [1.54, 1.807) is 45.3 Å². The summed E-state index contributed by atoms with van der Waals surface area (Å²) < 4.78 is 38.7. The summed E-state index contributed by atoms with van der Waals surface area (Å²) in [6.07, 6.45) is -2.80. The van der Waals surface area contributed by atoms with E-state index in [0.29, 0.717) is 17.8 Å². The molecular formula is C18H19F3N2O. The Morgan fingerprint density at radius 1 is 1.08 bits per heavy atom. The zero-order chi connectivity index (χ0) is 18.0. The van der Waals surface area contributed by atoms with Crippen molar-refractivity contribution < 1.29 is 18.0 Å². The summed E-state index contributed by atoms with van der Waals surface area (Å²) in [5, 5.41) is 0. The minimum atomic E-state index is -4.44. The van der Waals surface area contributed by atoms with E-state index >= 15 is 0 Å². The summed E-state index contributed by atoms with van der Waals surface area (Å²) in [6.45, 7) is 3.54. The third-order valence-electron chi connectivity index (χ3n) is 3.92. The van der Waals surface area contributed by atoms with Crippen LogP contribution in [0.1, 0.15) is 30.7 Å². The molecule has 1 amide bonds. The Labute approximate surface area is 139 Å². The predicted molar refractivity (Wildman–Crippen MR) is 85.2 cm³/mol. The third kappa shape index (κ3) is 3.93. The highest BCUT2D eigenvalue weighted by molar-refractivity contribution is 5.87. The van der Waals surface area contributed by atoms with Crippen molar-refractivity contribution in [2.24, 2.45) is 0 Å². The highest BCUT2D eigenvalue weighted by atomic mass is 19.4. The highest BCUT2D eigenvalue weighted by Crippen LogP contribution is 2.33. The first-order valence-corrected chi connectivity index (χ1v) is 7.45. The van der Waals surface area contributed by atoms with Gasteiger partial charge < -0.3 is 4.90 Å². The summed E-state index contributed by atoms with van der Waals surface area (Å²) in [7, 11) is 1.62. The molecule has 0 fully saturated rings. The fraction of sp³-hybridized carbons (Fsp3) is 0.333. The second-order valence-electron chi connectivity index (χ2n) is 6.19. The van der Waals surface area contributed by atoms with Gasteiger partial charge in [0.05, 0.1) is 23.2 Å². The van der Waals surface area contributed by atoms with Gasteiger partial charge in [-0.2, -0.15) is 13.2 Å². The number of hydrogen-bond acceptors (Lipinski definition) is 2. The van der Waals surface area contributed by atoms with Crippen LogP contribution in [-0.4, -0.2) is 22.8 Å². The molecule has 1 aromatic carbocycles. The molecule has 3 nitrogen and oxygen atoms in total. The summed E-state index contributed by atoms with van der Waals surface area (Å²) in [6, 6.07) is 10.3. The van der Waals surface area contributed by atoms with Crippen molar-refractivity contribution in [2.45, 2.75) is 32.0 Å². The molecule has 0 saturated heterocycles. The van der Waals surface area contributed by atoms with E-state index in [-0.39, 0.29) is 5.91 Å². The standard InChI is InChI=1S/C18H19F3N2O/c1-17(2,13-7-6-8-14(11-13)18(19,20)21)16(24)23(3)12-15-9-4-5-10-22-15/h4-11H,12H2,1-3H3. The molecule has 0 radical (unpaired) electrons. The van der Waals surface area contributed by atoms with Crippen LogP contribution in [0, 0.1) is 0 Å². The summed E-state index contributed by atoms with van der Waals surface area (Å²) in [5.74, 6) is -0.271. The molecule has 0 saturated carbocycles. The third-order valence-corrected chi connectivity index (χ3v) is 3.92. The van der Waals surface area contributed by atoms with Gasteiger partial charge in [0.1, 0.15) is 0 Å². The van der Waals surface area contributed by atoms with Gasteiger partial charge in [0.2, 0.25) is 5.91 Å². The summed E-state index contributed by atoms with van der Waals surface area (Å²) >= 11 is 0. The number of likely N-dealkylation sites (N-methyl/N-ethyl adjacent to an activating group) is 1. The number of pyridine rings is 1. The van der Waals surface area contributed by atoms with Crippen LogP contribution in [0.5, 0.6) is 0 Å². The number of carbonyl (C=O) groups is 1. The van der Waals surface area contributed by atoms with Crippen molar-refractivity contribution >= 4 is 5.91 Å². The minimum Gasteiger partial charge on any atom is -0.339 e. The van der Waals surface area contributed by atoms with Gasteiger partial charge in [-0.1, -0.05) is 24.3 Å². The van der Waals surface area contributed by atoms with Crippen LogP contribution in [0.15, 0.2) is 48.7 Å². The second-order valence-corrected chi connectivity index (χ2v) is 6.19. The molecular weight excluding hydrogens is 317 g/mol. The molecule has 6 heteroatoms. The van der Waals surface area contributed by atoms with E-state index in [1.807, 2.05) is 6.07 Å². The molecule has 0 aliphatic carbocycles. The largest absolute Gasteiger partial charge is 0.416 e. The quantitative estimate of drug-likeness (QED) is 0.844. The molecule has 0 N–H and O–H groups in total. The van der Waals surface area contributed by atoms with Gasteiger partial charge in [-0.25, -0.2) is 0 Å². The van der Waals surface area contributed by atoms with E-state index < -0.39 is 17.2 Å². The number of halogens is 3. The van der Waals surface area contributed by atoms with Crippen molar-refractivity contribution in [1.29, 1.82) is 0 Å². The van der Waals surface area contributed by atoms with Crippen LogP contribution in [0.2, 0.25) is 0 Å². The smallest absolute Gasteiger partial charge is 0.339 e. The van der Waals surface area contributed by atoms with Gasteiger partial charge in [0.15, 0.2) is 0 Å². The monoisotopic (exact) mass is 336 g/mol. The summed E-state index contributed by atoms with van der Waals surface area (Å²) in [4.78, 5) is 18.4. The average Bonchev–Trinajstić information content (AvgIpc) is 2.54. The zero-order valence-corrected chi connectivity index (χ0v) is 13.8. The first-order valence-electron chi connectivity index (χ1n) is 7.45. The lowest BCUT2D eigenvalue weighted by Gasteiger charge is -2.30. The van der Waals surface area contributed by atoms with Gasteiger partial charge in [0.25, 0.3) is 0 Å². The molecule has 0 bridgehead atoms. The first-order chi connectivity index (χ1) is 11.1. The van der Waals surface area contributed by atoms with Crippen molar-refractivity contribution in [3.63, 3.8) is 0 Å². The van der Waals surface area contributed by atoms with E-state index in [9.17, 15) is 18.0 Å². The average molecular weight is 336 g/mol. The van der Waals surface area contributed by atoms with E-state index in [4.69, 9.17) is 0 Å². The molecule has 0 atom stereocenters. The van der Waals surface area contributed by atoms with E-state index in [2.05, 4.69) is 4.98 Å². The van der Waals surface area contributed by atoms with Crippen molar-refractivity contribution in [3.05, 3.63) is 65.5 Å². The van der Waals surface area contributed by atoms with Crippen LogP contribution in [0.3, 0.4) is 0 Å². The number of carbonyl (C=O) groups excluding carboxylic acids is 1. The van der Waals surface area contributed by atoms with E-state index in [1.165, 1.54) is 11.0 Å². The maximum Gasteiger partial charge on any atom is 0.416 e. The molecule has 0 spiro atoms. The van der Waals surface area contributed by atoms with Crippen molar-refractivity contribution in [1.82, 2.24) is 9.88 Å². The Bertz CT molecular complexity index is 712. The van der Waals surface area contributed by atoms with Crippen LogP contribution >= 0.6 is 0 Å². The Kier molecular flexibility index (Phi) is 4.96. The normalized spacial score (nSPS) is 12.1. The molecule has 1 heterocycles. The maximum atomic E-state index is 12.9. The molecule has 0 aliphatic rings. The second kappa shape index (κ2) is 6.63. The summed E-state index contributed by atoms with van der Waals surface area (Å²) in [5.41, 5.74) is -0.790. The fourth-order valence-corrected chi connectivity index (χ4v) is 2.49. The van der Waals surface area contributed by atoms with Gasteiger partial charge in [-0.05, 0) is 37.6 Å². The van der Waals surface area contributed by atoms with Gasteiger partial charge in [-0.3, -0.25) is 9.78 Å². The van der Waals surface area contributed by atoms with Crippen LogP contribution in [0.4, 0.5) is 13.2 Å². The van der Waals surface area contributed by atoms with Crippen LogP contribution in [0.25, 0.3) is 0 Å². The SMILES string of the molecule is CN(Cc1ccccn1)C(=O)C(C)(C)c1cccc(C(F)(F)F)c1. The fourth-order valence-electron chi connectivity index (χ4n) is 2.49. The lowest BCUT2D eigenvalue weighted by molar-refractivity contribution is -0.138. The zero-order valence-electron chi connectivity index (χ0n) is 13.8. The van der Waals surface area contributed by atoms with Crippen LogP contribution in [-0.2, 0) is 22.9 Å². The van der Waals surface area contributed by atoms with Gasteiger partial charge >= 0.3 is 6.18 Å². The predicted octanol–water partition coefficient (Wildman–Crippen LogP) is 4.04. The Balaban J connectivity index is 2.24. The number of aromatic nitrogens is 1. The molecule has 2 aromatic rings. The number of hydrogen-bond donors (Lipinski definition) is 0. The number of amides is 1. The number of benzene rings is 1. The minimum absolute atomic E-state index is 0.271. The van der Waals surface area contributed by atoms with Crippen molar-refractivity contribution in [3.8, 4) is 0 Å². The molecule has 24 heavy (non-hydrogen) atoms. The number of rotatable bonds is 4. The maximum absolute atomic E-state index is 12.9. The molecule has 2 rings (SSSR count). The van der Waals surface area contributed by atoms with Crippen LogP contribution < -0.4 is 0 Å². The Hall–Kier alpha value is -2.37. The topological polar surface area (TPSA) is 33.2 Å². The molecule has 1 aromatic heterocycles. The molecule has 128 valence electrons. The van der Waals surface area contributed by atoms with E-state index in [0.717, 1.165) is 12.1 Å². The number of nitrogens with zero attached hydrogens (tertiary/aromatic N) is 2. The van der Waals surface area contributed by atoms with Crippen molar-refractivity contribution in [2.75, 3.05) is 7.05 Å². The molecule has 0 aliphatic heterocycles. The van der Waals surface area contributed by atoms with Gasteiger partial charge in [-0.15, -0.1) is 0 Å². The lowest BCUT2D eigenvalue weighted by Crippen LogP contribution is -2.41.